The maximum atomic E-state index is 12.1. The fraction of sp³-hybridized carbons (Fsp3) is 0. The molecule has 2 aromatic carbocycles. The molecule has 0 heterocycles. The third-order valence-corrected chi connectivity index (χ3v) is 2.91. The number of benzene rings is 2. The van der Waals surface area contributed by atoms with Crippen molar-refractivity contribution >= 4 is 36.0 Å². The van der Waals surface area contributed by atoms with Gasteiger partial charge in [-0.2, -0.15) is 0 Å². The van der Waals surface area contributed by atoms with Gasteiger partial charge in [-0.1, -0.05) is 48.7 Å². The summed E-state index contributed by atoms with van der Waals surface area (Å²) in [4.78, 5) is 12.1. The highest BCUT2D eigenvalue weighted by atomic mass is 35.5. The van der Waals surface area contributed by atoms with E-state index in [0.29, 0.717) is 16.3 Å². The lowest BCUT2D eigenvalue weighted by Crippen LogP contribution is -2.20. The normalized spacial score (nSPS) is 10.0. The Labute approximate surface area is 110 Å². The summed E-state index contributed by atoms with van der Waals surface area (Å²) in [6, 6.07) is 16.0. The van der Waals surface area contributed by atoms with E-state index in [1.807, 2.05) is 18.2 Å². The van der Waals surface area contributed by atoms with Gasteiger partial charge < -0.3 is 0 Å². The van der Waals surface area contributed by atoms with Gasteiger partial charge in [0.05, 0.1) is 5.69 Å². The van der Waals surface area contributed by atoms with Crippen LogP contribution in [0.4, 0.5) is 5.69 Å². The quantitative estimate of drug-likeness (QED) is 0.817. The highest BCUT2D eigenvalue weighted by Gasteiger charge is 2.13. The van der Waals surface area contributed by atoms with Crippen LogP contribution in [0.3, 0.4) is 0 Å². The van der Waals surface area contributed by atoms with E-state index in [-0.39, 0.29) is 5.91 Å². The van der Waals surface area contributed by atoms with Gasteiger partial charge in [0.2, 0.25) is 0 Å². The van der Waals surface area contributed by atoms with E-state index in [4.69, 9.17) is 11.6 Å². The number of halogens is 1. The number of thiol groups is 1. The molecule has 0 saturated carbocycles. The third kappa shape index (κ3) is 2.81. The summed E-state index contributed by atoms with van der Waals surface area (Å²) in [6.45, 7) is 0. The van der Waals surface area contributed by atoms with Crippen molar-refractivity contribution in [3.8, 4) is 0 Å². The molecule has 0 saturated heterocycles. The largest absolute Gasteiger partial charge is 0.268 e. The van der Waals surface area contributed by atoms with Gasteiger partial charge >= 0.3 is 0 Å². The molecule has 86 valence electrons. The average Bonchev–Trinajstić information content (AvgIpc) is 2.38. The summed E-state index contributed by atoms with van der Waals surface area (Å²) < 4.78 is 1.28. The molecule has 0 aliphatic heterocycles. The van der Waals surface area contributed by atoms with Gasteiger partial charge in [0.25, 0.3) is 5.91 Å². The Bertz CT molecular complexity index is 530. The maximum absolute atomic E-state index is 12.1. The van der Waals surface area contributed by atoms with E-state index in [1.54, 1.807) is 36.4 Å². The van der Waals surface area contributed by atoms with E-state index in [1.165, 1.54) is 4.31 Å². The zero-order valence-electron chi connectivity index (χ0n) is 8.88. The van der Waals surface area contributed by atoms with Crippen molar-refractivity contribution in [2.24, 2.45) is 0 Å². The Hall–Kier alpha value is -1.45. The Balaban J connectivity index is 2.27. The van der Waals surface area contributed by atoms with E-state index in [0.717, 1.165) is 0 Å². The first-order valence-electron chi connectivity index (χ1n) is 5.02. The summed E-state index contributed by atoms with van der Waals surface area (Å²) in [7, 11) is 0. The maximum Gasteiger partial charge on any atom is 0.268 e. The molecule has 0 radical (unpaired) electrons. The fourth-order valence-corrected chi connectivity index (χ4v) is 1.85. The van der Waals surface area contributed by atoms with E-state index in [9.17, 15) is 4.79 Å². The summed E-state index contributed by atoms with van der Waals surface area (Å²) >= 11 is 10.1. The second kappa shape index (κ2) is 5.25. The van der Waals surface area contributed by atoms with Crippen molar-refractivity contribution in [2.75, 3.05) is 4.31 Å². The first kappa shape index (κ1) is 12.0. The molecule has 0 fully saturated rings. The molecule has 17 heavy (non-hydrogen) atoms. The zero-order chi connectivity index (χ0) is 12.3. The molecule has 1 amide bonds. The highest BCUT2D eigenvalue weighted by molar-refractivity contribution is 7.82. The van der Waals surface area contributed by atoms with Gasteiger partial charge in [-0.15, -0.1) is 0 Å². The van der Waals surface area contributed by atoms with Crippen LogP contribution in [0.2, 0.25) is 5.02 Å². The van der Waals surface area contributed by atoms with Crippen molar-refractivity contribution in [2.45, 2.75) is 0 Å². The SMILES string of the molecule is O=C(c1ccccc1)N(S)c1cccc(Cl)c1. The molecule has 0 spiro atoms. The second-order valence-corrected chi connectivity index (χ2v) is 4.30. The van der Waals surface area contributed by atoms with Gasteiger partial charge in [0.1, 0.15) is 0 Å². The molecule has 2 nitrogen and oxygen atoms in total. The van der Waals surface area contributed by atoms with Crippen LogP contribution >= 0.6 is 24.4 Å². The molecule has 0 N–H and O–H groups in total. The minimum absolute atomic E-state index is 0.184. The van der Waals surface area contributed by atoms with E-state index >= 15 is 0 Å². The number of hydrogen-bond donors (Lipinski definition) is 1. The number of rotatable bonds is 2. The Kier molecular flexibility index (Phi) is 3.71. The van der Waals surface area contributed by atoms with Crippen LogP contribution in [0, 0.1) is 0 Å². The van der Waals surface area contributed by atoms with Crippen LogP contribution in [-0.4, -0.2) is 5.91 Å². The monoisotopic (exact) mass is 263 g/mol. The zero-order valence-corrected chi connectivity index (χ0v) is 10.5. The third-order valence-electron chi connectivity index (χ3n) is 2.27. The Morgan fingerprint density at radius 2 is 1.76 bits per heavy atom. The predicted molar refractivity (Wildman–Crippen MR) is 73.7 cm³/mol. The predicted octanol–water partition coefficient (Wildman–Crippen LogP) is 3.83. The Morgan fingerprint density at radius 3 is 2.41 bits per heavy atom. The van der Waals surface area contributed by atoms with Crippen LogP contribution in [0.5, 0.6) is 0 Å². The number of anilines is 1. The van der Waals surface area contributed by atoms with Crippen molar-refractivity contribution in [1.82, 2.24) is 0 Å². The van der Waals surface area contributed by atoms with E-state index in [2.05, 4.69) is 12.8 Å². The highest BCUT2D eigenvalue weighted by Crippen LogP contribution is 2.22. The van der Waals surface area contributed by atoms with Gasteiger partial charge in [0, 0.05) is 10.6 Å². The second-order valence-electron chi connectivity index (χ2n) is 3.46. The lowest BCUT2D eigenvalue weighted by Gasteiger charge is -2.15. The standard InChI is InChI=1S/C13H10ClNOS/c14-11-7-4-8-12(9-11)15(17)13(16)10-5-2-1-3-6-10/h1-9,17H. The molecule has 2 aromatic rings. The number of carbonyl (C=O) groups excluding carboxylic acids is 1. The fourth-order valence-electron chi connectivity index (χ4n) is 1.43. The number of carbonyl (C=O) groups is 1. The van der Waals surface area contributed by atoms with Gasteiger partial charge in [-0.05, 0) is 30.3 Å². The van der Waals surface area contributed by atoms with Gasteiger partial charge in [-0.3, -0.25) is 9.10 Å². The number of amides is 1. The molecule has 0 aromatic heterocycles. The lowest BCUT2D eigenvalue weighted by molar-refractivity contribution is 0.101. The van der Waals surface area contributed by atoms with Crippen LogP contribution in [-0.2, 0) is 0 Å². The molecule has 4 heteroatoms. The molecule has 2 rings (SSSR count). The van der Waals surface area contributed by atoms with Crippen LogP contribution in [0.1, 0.15) is 10.4 Å². The summed E-state index contributed by atoms with van der Waals surface area (Å²) in [5.74, 6) is -0.184. The summed E-state index contributed by atoms with van der Waals surface area (Å²) in [6.07, 6.45) is 0. The summed E-state index contributed by atoms with van der Waals surface area (Å²) in [5.41, 5.74) is 1.23. The molecule has 0 aliphatic rings. The van der Waals surface area contributed by atoms with Gasteiger partial charge in [0.15, 0.2) is 0 Å². The molecule has 0 atom stereocenters. The first-order chi connectivity index (χ1) is 8.18. The average molecular weight is 264 g/mol. The Morgan fingerprint density at radius 1 is 1.06 bits per heavy atom. The molecular formula is C13H10ClNOS. The van der Waals surface area contributed by atoms with Crippen LogP contribution < -0.4 is 4.31 Å². The van der Waals surface area contributed by atoms with E-state index < -0.39 is 0 Å². The minimum Gasteiger partial charge on any atom is -0.268 e. The smallest absolute Gasteiger partial charge is 0.268 e. The minimum atomic E-state index is -0.184. The van der Waals surface area contributed by atoms with Crippen molar-refractivity contribution in [1.29, 1.82) is 0 Å². The van der Waals surface area contributed by atoms with Crippen LogP contribution in [0.25, 0.3) is 0 Å². The molecule has 0 bridgehead atoms. The molecule has 0 aliphatic carbocycles. The molecule has 0 unspecified atom stereocenters. The number of hydrogen-bond acceptors (Lipinski definition) is 2. The van der Waals surface area contributed by atoms with Crippen molar-refractivity contribution in [3.05, 3.63) is 65.2 Å². The summed E-state index contributed by atoms with van der Waals surface area (Å²) in [5, 5.41) is 0.572. The van der Waals surface area contributed by atoms with Crippen molar-refractivity contribution in [3.63, 3.8) is 0 Å². The number of nitrogens with zero attached hydrogens (tertiary/aromatic N) is 1. The van der Waals surface area contributed by atoms with Gasteiger partial charge in [-0.25, -0.2) is 0 Å². The molecular weight excluding hydrogens is 254 g/mol. The first-order valence-corrected chi connectivity index (χ1v) is 5.80. The lowest BCUT2D eigenvalue weighted by atomic mass is 10.2. The topological polar surface area (TPSA) is 20.3 Å². The van der Waals surface area contributed by atoms with Crippen LogP contribution in [0.15, 0.2) is 54.6 Å². The van der Waals surface area contributed by atoms with Crippen molar-refractivity contribution < 1.29 is 4.79 Å².